The minimum Gasteiger partial charge on any atom is -0.484 e. The predicted molar refractivity (Wildman–Crippen MR) is 121 cm³/mol. The number of carbonyl (C=O) groups excluding carboxylic acids is 2. The minimum absolute atomic E-state index is 0.0424. The third kappa shape index (κ3) is 7.06. The van der Waals surface area contributed by atoms with Crippen molar-refractivity contribution in [3.05, 3.63) is 64.7 Å². The van der Waals surface area contributed by atoms with Gasteiger partial charge in [-0.05, 0) is 62.1 Å². The third-order valence-electron chi connectivity index (χ3n) is 5.13. The van der Waals surface area contributed by atoms with Crippen LogP contribution in [0.5, 0.6) is 5.75 Å². The Balaban J connectivity index is 2.12. The topological polar surface area (TPSA) is 58.6 Å². The number of hydrogen-bond acceptors (Lipinski definition) is 3. The summed E-state index contributed by atoms with van der Waals surface area (Å²) in [7, 11) is 0. The summed E-state index contributed by atoms with van der Waals surface area (Å²) in [6.07, 6.45) is 1.76. The van der Waals surface area contributed by atoms with Gasteiger partial charge in [0, 0.05) is 17.6 Å². The molecular formula is C24H31ClN2O3. The molecule has 0 fully saturated rings. The second kappa shape index (κ2) is 11.6. The van der Waals surface area contributed by atoms with Crippen LogP contribution >= 0.6 is 11.6 Å². The largest absolute Gasteiger partial charge is 0.484 e. The number of rotatable bonds is 10. The zero-order chi connectivity index (χ0) is 22.1. The number of halogens is 1. The Hall–Kier alpha value is -2.53. The second-order valence-corrected chi connectivity index (χ2v) is 7.86. The van der Waals surface area contributed by atoms with E-state index in [0.29, 0.717) is 17.3 Å². The van der Waals surface area contributed by atoms with E-state index in [4.69, 9.17) is 16.3 Å². The Morgan fingerprint density at radius 1 is 1.00 bits per heavy atom. The van der Waals surface area contributed by atoms with Crippen molar-refractivity contribution in [1.82, 2.24) is 10.2 Å². The van der Waals surface area contributed by atoms with Gasteiger partial charge in [-0.25, -0.2) is 0 Å². The molecule has 0 saturated heterocycles. The molecule has 5 nitrogen and oxygen atoms in total. The van der Waals surface area contributed by atoms with Crippen LogP contribution in [0.3, 0.4) is 0 Å². The molecule has 30 heavy (non-hydrogen) atoms. The van der Waals surface area contributed by atoms with E-state index in [9.17, 15) is 9.59 Å². The maximum absolute atomic E-state index is 13.0. The maximum atomic E-state index is 13.0. The minimum atomic E-state index is -0.631. The normalized spacial score (nSPS) is 12.7. The molecule has 2 atom stereocenters. The summed E-state index contributed by atoms with van der Waals surface area (Å²) in [5, 5.41) is 3.57. The molecule has 0 aliphatic rings. The molecule has 1 N–H and O–H groups in total. The first-order chi connectivity index (χ1) is 14.3. The molecule has 0 aromatic heterocycles. The molecule has 2 rings (SSSR count). The maximum Gasteiger partial charge on any atom is 0.261 e. The van der Waals surface area contributed by atoms with Gasteiger partial charge in [0.15, 0.2) is 6.61 Å². The predicted octanol–water partition coefficient (Wildman–Crippen LogP) is 4.61. The molecule has 0 aliphatic heterocycles. The second-order valence-electron chi connectivity index (χ2n) is 7.43. The fraction of sp³-hybridized carbons (Fsp3) is 0.417. The number of hydrogen-bond donors (Lipinski definition) is 1. The number of amides is 2. The van der Waals surface area contributed by atoms with Gasteiger partial charge in [0.05, 0.1) is 0 Å². The fourth-order valence-electron chi connectivity index (χ4n) is 2.88. The van der Waals surface area contributed by atoms with Crippen LogP contribution in [0, 0.1) is 0 Å². The number of aryl methyl sites for hydroxylation is 1. The molecule has 0 heterocycles. The molecule has 2 aromatic rings. The van der Waals surface area contributed by atoms with Crippen molar-refractivity contribution in [2.75, 3.05) is 6.61 Å². The molecule has 0 saturated carbocycles. The number of nitrogens with one attached hydrogen (secondary N) is 1. The van der Waals surface area contributed by atoms with Crippen molar-refractivity contribution in [3.63, 3.8) is 0 Å². The van der Waals surface area contributed by atoms with Gasteiger partial charge in [-0.1, -0.05) is 49.7 Å². The quantitative estimate of drug-likeness (QED) is 0.598. The Morgan fingerprint density at radius 2 is 1.60 bits per heavy atom. The first-order valence-electron chi connectivity index (χ1n) is 10.4. The van der Waals surface area contributed by atoms with Crippen molar-refractivity contribution in [3.8, 4) is 5.75 Å². The summed E-state index contributed by atoms with van der Waals surface area (Å²) in [5.41, 5.74) is 2.09. The Morgan fingerprint density at radius 3 is 2.17 bits per heavy atom. The standard InChI is InChI=1S/C24H31ClN2O3/c1-5-17(3)26-24(29)18(4)27(15-20-7-11-21(25)12-8-20)23(28)16-30-22-13-9-19(6-2)10-14-22/h7-14,17-18H,5-6,15-16H2,1-4H3,(H,26,29). The van der Waals surface area contributed by atoms with Gasteiger partial charge >= 0.3 is 0 Å². The number of nitrogens with zero attached hydrogens (tertiary/aromatic N) is 1. The lowest BCUT2D eigenvalue weighted by Gasteiger charge is -2.29. The van der Waals surface area contributed by atoms with E-state index in [1.165, 1.54) is 5.56 Å². The summed E-state index contributed by atoms with van der Waals surface area (Å²) in [6.45, 7) is 7.92. The highest BCUT2D eigenvalue weighted by Crippen LogP contribution is 2.16. The van der Waals surface area contributed by atoms with Crippen molar-refractivity contribution in [2.45, 2.75) is 59.2 Å². The van der Waals surface area contributed by atoms with Crippen LogP contribution in [0.2, 0.25) is 5.02 Å². The summed E-state index contributed by atoms with van der Waals surface area (Å²) >= 11 is 5.97. The van der Waals surface area contributed by atoms with E-state index in [1.807, 2.05) is 50.2 Å². The van der Waals surface area contributed by atoms with Crippen LogP contribution in [-0.4, -0.2) is 35.4 Å². The van der Waals surface area contributed by atoms with Gasteiger partial charge in [0.25, 0.3) is 5.91 Å². The van der Waals surface area contributed by atoms with Crippen LogP contribution in [-0.2, 0) is 22.6 Å². The van der Waals surface area contributed by atoms with Gasteiger partial charge in [-0.15, -0.1) is 0 Å². The lowest BCUT2D eigenvalue weighted by Crippen LogP contribution is -2.50. The molecule has 2 aromatic carbocycles. The zero-order valence-electron chi connectivity index (χ0n) is 18.2. The van der Waals surface area contributed by atoms with Crippen molar-refractivity contribution < 1.29 is 14.3 Å². The molecule has 2 amide bonds. The summed E-state index contributed by atoms with van der Waals surface area (Å²) in [6, 6.07) is 14.3. The van der Waals surface area contributed by atoms with E-state index in [-0.39, 0.29) is 24.5 Å². The van der Waals surface area contributed by atoms with E-state index in [1.54, 1.807) is 24.0 Å². The van der Waals surface area contributed by atoms with Crippen molar-refractivity contribution in [2.24, 2.45) is 0 Å². The van der Waals surface area contributed by atoms with E-state index in [0.717, 1.165) is 18.4 Å². The molecule has 2 unspecified atom stereocenters. The van der Waals surface area contributed by atoms with Crippen LogP contribution in [0.1, 0.15) is 45.2 Å². The number of carbonyl (C=O) groups is 2. The molecule has 0 bridgehead atoms. The molecule has 0 radical (unpaired) electrons. The van der Waals surface area contributed by atoms with Gasteiger partial charge in [0.2, 0.25) is 5.91 Å². The number of ether oxygens (including phenoxy) is 1. The average molecular weight is 431 g/mol. The first kappa shape index (κ1) is 23.7. The van der Waals surface area contributed by atoms with Gasteiger partial charge < -0.3 is 15.0 Å². The summed E-state index contributed by atoms with van der Waals surface area (Å²) in [5.74, 6) is 0.194. The zero-order valence-corrected chi connectivity index (χ0v) is 18.9. The molecular weight excluding hydrogens is 400 g/mol. The van der Waals surface area contributed by atoms with Crippen molar-refractivity contribution >= 4 is 23.4 Å². The Bertz CT molecular complexity index is 821. The van der Waals surface area contributed by atoms with Gasteiger partial charge in [-0.3, -0.25) is 9.59 Å². The Labute approximate surface area is 184 Å². The van der Waals surface area contributed by atoms with Crippen LogP contribution in [0.4, 0.5) is 0 Å². The van der Waals surface area contributed by atoms with Crippen LogP contribution in [0.25, 0.3) is 0 Å². The van der Waals surface area contributed by atoms with Crippen molar-refractivity contribution in [1.29, 1.82) is 0 Å². The van der Waals surface area contributed by atoms with Crippen LogP contribution < -0.4 is 10.1 Å². The fourth-order valence-corrected chi connectivity index (χ4v) is 3.01. The monoisotopic (exact) mass is 430 g/mol. The molecule has 0 aliphatic carbocycles. The molecule has 6 heteroatoms. The SMILES string of the molecule is CCc1ccc(OCC(=O)N(Cc2ccc(Cl)cc2)C(C)C(=O)NC(C)CC)cc1. The summed E-state index contributed by atoms with van der Waals surface area (Å²) < 4.78 is 5.69. The highest BCUT2D eigenvalue weighted by atomic mass is 35.5. The van der Waals surface area contributed by atoms with E-state index >= 15 is 0 Å². The smallest absolute Gasteiger partial charge is 0.261 e. The lowest BCUT2D eigenvalue weighted by atomic mass is 10.1. The van der Waals surface area contributed by atoms with Crippen LogP contribution in [0.15, 0.2) is 48.5 Å². The molecule has 0 spiro atoms. The van der Waals surface area contributed by atoms with E-state index in [2.05, 4.69) is 12.2 Å². The van der Waals surface area contributed by atoms with E-state index < -0.39 is 6.04 Å². The van der Waals surface area contributed by atoms with Gasteiger partial charge in [0.1, 0.15) is 11.8 Å². The highest BCUT2D eigenvalue weighted by Gasteiger charge is 2.27. The average Bonchev–Trinajstić information content (AvgIpc) is 2.76. The van der Waals surface area contributed by atoms with Gasteiger partial charge in [-0.2, -0.15) is 0 Å². The Kier molecular flexibility index (Phi) is 9.18. The summed E-state index contributed by atoms with van der Waals surface area (Å²) in [4.78, 5) is 27.2. The third-order valence-corrected chi connectivity index (χ3v) is 5.38. The first-order valence-corrected chi connectivity index (χ1v) is 10.8. The lowest BCUT2D eigenvalue weighted by molar-refractivity contribution is -0.142. The highest BCUT2D eigenvalue weighted by molar-refractivity contribution is 6.30. The number of benzene rings is 2. The molecule has 162 valence electrons.